The number of fused-ring (bicyclic) bond motifs is 1. The molecule has 1 aliphatic heterocycles. The van der Waals surface area contributed by atoms with Gasteiger partial charge in [0.2, 0.25) is 0 Å². The van der Waals surface area contributed by atoms with Gasteiger partial charge in [0.15, 0.2) is 11.5 Å². The van der Waals surface area contributed by atoms with Crippen LogP contribution in [0.3, 0.4) is 0 Å². The van der Waals surface area contributed by atoms with Crippen LogP contribution in [0.25, 0.3) is 0 Å². The molecule has 2 rings (SSSR count). The molecule has 1 aliphatic rings. The average molecular weight is 162 g/mol. The largest absolute Gasteiger partial charge is 0.461 e. The van der Waals surface area contributed by atoms with Crippen molar-refractivity contribution in [2.75, 3.05) is 0 Å². The quantitative estimate of drug-likeness (QED) is 0.428. The highest BCUT2D eigenvalue weighted by Gasteiger charge is 2.09. The van der Waals surface area contributed by atoms with Crippen molar-refractivity contribution in [1.29, 1.82) is 0 Å². The highest BCUT2D eigenvalue weighted by Crippen LogP contribution is 2.27. The Morgan fingerprint density at radius 1 is 1.08 bits per heavy atom. The smallest absolute Gasteiger partial charge is 0.339 e. The number of carbonyl (C=O) groups excluding carboxylic acids is 1. The minimum Gasteiger partial charge on any atom is -0.461 e. The molecule has 0 bridgehead atoms. The molecule has 0 fully saturated rings. The van der Waals surface area contributed by atoms with Crippen LogP contribution in [0.2, 0.25) is 0 Å². The van der Waals surface area contributed by atoms with E-state index in [0.717, 1.165) is 0 Å². The Kier molecular flexibility index (Phi) is 1.55. The normalized spacial score (nSPS) is 14.2. The van der Waals surface area contributed by atoms with Crippen molar-refractivity contribution >= 4 is 5.97 Å². The lowest BCUT2D eigenvalue weighted by atomic mass is 10.3. The molecule has 0 unspecified atom stereocenters. The minimum absolute atomic E-state index is 0.417. The molecular formula is C9H6O3. The van der Waals surface area contributed by atoms with E-state index >= 15 is 0 Å². The van der Waals surface area contributed by atoms with E-state index in [1.54, 1.807) is 18.2 Å². The van der Waals surface area contributed by atoms with Crippen LogP contribution < -0.4 is 9.47 Å². The third-order valence-electron chi connectivity index (χ3n) is 1.46. The van der Waals surface area contributed by atoms with Crippen LogP contribution in [-0.4, -0.2) is 5.97 Å². The van der Waals surface area contributed by atoms with Gasteiger partial charge >= 0.3 is 5.97 Å². The molecule has 0 saturated heterocycles. The van der Waals surface area contributed by atoms with Crippen molar-refractivity contribution < 1.29 is 14.3 Å². The minimum atomic E-state index is -0.417. The van der Waals surface area contributed by atoms with Crippen molar-refractivity contribution in [3.8, 4) is 11.5 Å². The summed E-state index contributed by atoms with van der Waals surface area (Å²) in [5, 5.41) is 0. The van der Waals surface area contributed by atoms with Crippen molar-refractivity contribution in [2.45, 2.75) is 0 Å². The standard InChI is InChI=1S/C9H6O3/c10-9-5-6-11-7-3-1-2-4-8(7)12-9/h1-6H. The van der Waals surface area contributed by atoms with Gasteiger partial charge in [-0.1, -0.05) is 12.1 Å². The van der Waals surface area contributed by atoms with Gasteiger partial charge in [-0.3, -0.25) is 0 Å². The third-order valence-corrected chi connectivity index (χ3v) is 1.46. The number of hydrogen-bond donors (Lipinski definition) is 0. The summed E-state index contributed by atoms with van der Waals surface area (Å²) < 4.78 is 10.00. The van der Waals surface area contributed by atoms with Crippen molar-refractivity contribution in [3.63, 3.8) is 0 Å². The Balaban J connectivity index is 2.44. The van der Waals surface area contributed by atoms with Crippen LogP contribution in [0, 0.1) is 0 Å². The van der Waals surface area contributed by atoms with Gasteiger partial charge in [0.1, 0.15) is 0 Å². The topological polar surface area (TPSA) is 35.5 Å². The van der Waals surface area contributed by atoms with Crippen LogP contribution >= 0.6 is 0 Å². The molecule has 12 heavy (non-hydrogen) atoms. The second-order valence-electron chi connectivity index (χ2n) is 2.29. The first-order valence-electron chi connectivity index (χ1n) is 3.50. The first-order valence-corrected chi connectivity index (χ1v) is 3.50. The maximum Gasteiger partial charge on any atom is 0.339 e. The second-order valence-corrected chi connectivity index (χ2v) is 2.29. The summed E-state index contributed by atoms with van der Waals surface area (Å²) in [7, 11) is 0. The molecular weight excluding hydrogens is 156 g/mol. The number of benzene rings is 1. The fourth-order valence-corrected chi connectivity index (χ4v) is 0.937. The molecule has 0 amide bonds. The molecule has 0 N–H and O–H groups in total. The molecule has 1 heterocycles. The van der Waals surface area contributed by atoms with Gasteiger partial charge in [0.25, 0.3) is 0 Å². The van der Waals surface area contributed by atoms with Gasteiger partial charge in [0.05, 0.1) is 12.3 Å². The SMILES string of the molecule is O=C1C=COc2ccccc2O1. The molecule has 0 saturated carbocycles. The van der Waals surface area contributed by atoms with Gasteiger partial charge in [-0.05, 0) is 12.1 Å². The average Bonchev–Trinajstić information content (AvgIpc) is 2.25. The molecule has 0 atom stereocenters. The molecule has 3 nitrogen and oxygen atoms in total. The maximum absolute atomic E-state index is 10.9. The zero-order chi connectivity index (χ0) is 8.39. The highest BCUT2D eigenvalue weighted by molar-refractivity contribution is 5.84. The number of rotatable bonds is 0. The fourth-order valence-electron chi connectivity index (χ4n) is 0.937. The lowest BCUT2D eigenvalue weighted by Gasteiger charge is -2.02. The van der Waals surface area contributed by atoms with Crippen LogP contribution in [0.1, 0.15) is 0 Å². The van der Waals surface area contributed by atoms with Gasteiger partial charge < -0.3 is 9.47 Å². The molecule has 0 aliphatic carbocycles. The van der Waals surface area contributed by atoms with E-state index in [1.807, 2.05) is 6.07 Å². The summed E-state index contributed by atoms with van der Waals surface area (Å²) in [5.41, 5.74) is 0. The number of carbonyl (C=O) groups is 1. The van der Waals surface area contributed by atoms with Crippen LogP contribution in [0.5, 0.6) is 11.5 Å². The highest BCUT2D eigenvalue weighted by atomic mass is 16.6. The lowest BCUT2D eigenvalue weighted by Crippen LogP contribution is -2.01. The monoisotopic (exact) mass is 162 g/mol. The van der Waals surface area contributed by atoms with E-state index in [4.69, 9.17) is 9.47 Å². The number of para-hydroxylation sites is 2. The van der Waals surface area contributed by atoms with Crippen molar-refractivity contribution in [3.05, 3.63) is 36.6 Å². The van der Waals surface area contributed by atoms with E-state index in [-0.39, 0.29) is 0 Å². The Hall–Kier alpha value is -1.77. The predicted octanol–water partition coefficient (Wildman–Crippen LogP) is 1.50. The zero-order valence-electron chi connectivity index (χ0n) is 6.19. The Morgan fingerprint density at radius 2 is 1.83 bits per heavy atom. The summed E-state index contributed by atoms with van der Waals surface area (Å²) in [5.74, 6) is 0.590. The molecule has 1 aromatic rings. The van der Waals surface area contributed by atoms with Crippen molar-refractivity contribution in [2.24, 2.45) is 0 Å². The first-order chi connectivity index (χ1) is 5.86. The van der Waals surface area contributed by atoms with Gasteiger partial charge in [0, 0.05) is 0 Å². The van der Waals surface area contributed by atoms with Crippen LogP contribution in [0.4, 0.5) is 0 Å². The summed E-state index contributed by atoms with van der Waals surface area (Å²) >= 11 is 0. The second kappa shape index (κ2) is 2.70. The lowest BCUT2D eigenvalue weighted by molar-refractivity contribution is -0.128. The maximum atomic E-state index is 10.9. The van der Waals surface area contributed by atoms with Crippen LogP contribution in [0.15, 0.2) is 36.6 Å². The van der Waals surface area contributed by atoms with E-state index in [2.05, 4.69) is 0 Å². The Morgan fingerprint density at radius 3 is 2.67 bits per heavy atom. The van der Waals surface area contributed by atoms with Gasteiger partial charge in [-0.25, -0.2) is 4.79 Å². The summed E-state index contributed by atoms with van der Waals surface area (Å²) in [6.45, 7) is 0. The molecule has 0 spiro atoms. The van der Waals surface area contributed by atoms with Crippen LogP contribution in [-0.2, 0) is 4.79 Å². The Labute approximate surface area is 69.2 Å². The third kappa shape index (κ3) is 1.16. The van der Waals surface area contributed by atoms with E-state index < -0.39 is 5.97 Å². The summed E-state index contributed by atoms with van der Waals surface area (Å²) in [4.78, 5) is 10.9. The number of esters is 1. The van der Waals surface area contributed by atoms with Gasteiger partial charge in [-0.15, -0.1) is 0 Å². The molecule has 0 radical (unpaired) electrons. The molecule has 0 aromatic heterocycles. The van der Waals surface area contributed by atoms with E-state index in [0.29, 0.717) is 11.5 Å². The fraction of sp³-hybridized carbons (Fsp3) is 0. The number of ether oxygens (including phenoxy) is 2. The van der Waals surface area contributed by atoms with Gasteiger partial charge in [-0.2, -0.15) is 0 Å². The molecule has 60 valence electrons. The van der Waals surface area contributed by atoms with E-state index in [9.17, 15) is 4.79 Å². The predicted molar refractivity (Wildman–Crippen MR) is 41.8 cm³/mol. The van der Waals surface area contributed by atoms with Crippen molar-refractivity contribution in [1.82, 2.24) is 0 Å². The number of hydrogen-bond acceptors (Lipinski definition) is 3. The first kappa shape index (κ1) is 6.91. The zero-order valence-corrected chi connectivity index (χ0v) is 6.19. The molecule has 1 aromatic carbocycles. The summed E-state index contributed by atoms with van der Waals surface area (Å²) in [6, 6.07) is 7.01. The van der Waals surface area contributed by atoms with E-state index in [1.165, 1.54) is 12.3 Å². The molecule has 3 heteroatoms. The Bertz CT molecular complexity index is 341. The summed E-state index contributed by atoms with van der Waals surface area (Å²) in [6.07, 6.45) is 2.55.